The topological polar surface area (TPSA) is 101 Å². The van der Waals surface area contributed by atoms with Crippen molar-refractivity contribution in [1.82, 2.24) is 0 Å². The van der Waals surface area contributed by atoms with Crippen LogP contribution in [0.3, 0.4) is 0 Å². The van der Waals surface area contributed by atoms with Crippen LogP contribution >= 0.6 is 11.6 Å². The number of Topliss-reactive ketones (excluding diaryl/α,β-unsaturated/α-hetero) is 2. The Morgan fingerprint density at radius 1 is 1.38 bits per heavy atom. The predicted octanol–water partition coefficient (Wildman–Crippen LogP) is 2.46. The third kappa shape index (κ3) is 3.97. The smallest absolute Gasteiger partial charge is 0.526 e. The lowest BCUT2D eigenvalue weighted by Crippen LogP contribution is -2.36. The molecule has 0 bridgehead atoms. The van der Waals surface area contributed by atoms with E-state index in [1.807, 2.05) is 0 Å². The van der Waals surface area contributed by atoms with E-state index in [0.29, 0.717) is 16.1 Å². The van der Waals surface area contributed by atoms with E-state index in [2.05, 4.69) is 0 Å². The van der Waals surface area contributed by atoms with Crippen LogP contribution in [0.25, 0.3) is 0 Å². The highest BCUT2D eigenvalue weighted by atomic mass is 35.5. The van der Waals surface area contributed by atoms with Gasteiger partial charge in [0.2, 0.25) is 0 Å². The first-order chi connectivity index (χ1) is 11.2. The van der Waals surface area contributed by atoms with E-state index in [4.69, 9.17) is 16.3 Å². The molecule has 0 fully saturated rings. The molecule has 2 rings (SSSR count). The lowest BCUT2D eigenvalue weighted by molar-refractivity contribution is -0.123. The van der Waals surface area contributed by atoms with Gasteiger partial charge in [0.05, 0.1) is 5.02 Å². The molecule has 0 unspecified atom stereocenters. The fourth-order valence-corrected chi connectivity index (χ4v) is 3.00. The average Bonchev–Trinajstić information content (AvgIpc) is 2.50. The van der Waals surface area contributed by atoms with Crippen molar-refractivity contribution in [2.24, 2.45) is 0 Å². The summed E-state index contributed by atoms with van der Waals surface area (Å²) in [6.07, 6.45) is 0.569. The van der Waals surface area contributed by atoms with Crippen LogP contribution in [0.1, 0.15) is 47.7 Å². The van der Waals surface area contributed by atoms with Gasteiger partial charge in [0.15, 0.2) is 0 Å². The number of carbonyl (C=O) groups is 3. The molecule has 1 aliphatic rings. The summed E-state index contributed by atoms with van der Waals surface area (Å²) in [5.41, 5.74) is 1.02. The molecule has 1 aromatic rings. The Morgan fingerprint density at radius 2 is 2.04 bits per heavy atom. The van der Waals surface area contributed by atoms with Crippen molar-refractivity contribution in [2.75, 3.05) is 0 Å². The number of ketones is 2. The number of fused-ring (bicyclic) bond motifs is 1. The van der Waals surface area contributed by atoms with Crippen molar-refractivity contribution in [3.8, 4) is 5.75 Å². The minimum atomic E-state index is -1.30. The molecule has 24 heavy (non-hydrogen) atoms. The molecule has 0 saturated carbocycles. The van der Waals surface area contributed by atoms with Crippen molar-refractivity contribution in [2.45, 2.75) is 45.3 Å². The van der Waals surface area contributed by atoms with E-state index in [9.17, 15) is 24.5 Å². The van der Waals surface area contributed by atoms with Crippen molar-refractivity contribution >= 4 is 36.3 Å². The standard InChI is InChI=1S/C16H18BClO6/c1-8-5-13(16(21)22)15-12(14(8)18)7-10(17(23)24-15)6-11(20)4-3-9(2)19/h5,10,23H,3-4,6-7H2,1-2H3,(H,21,22)/t10-/m0/s1. The van der Waals surface area contributed by atoms with Gasteiger partial charge in [-0.15, -0.1) is 0 Å². The van der Waals surface area contributed by atoms with Crippen LogP contribution in [-0.4, -0.2) is 34.8 Å². The van der Waals surface area contributed by atoms with Gasteiger partial charge in [0.1, 0.15) is 22.9 Å². The van der Waals surface area contributed by atoms with E-state index in [0.717, 1.165) is 0 Å². The van der Waals surface area contributed by atoms with Crippen LogP contribution in [0.2, 0.25) is 10.8 Å². The molecule has 1 atom stereocenters. The number of rotatable bonds is 6. The van der Waals surface area contributed by atoms with Crippen molar-refractivity contribution in [3.05, 3.63) is 27.8 Å². The zero-order chi connectivity index (χ0) is 18.0. The second-order valence-electron chi connectivity index (χ2n) is 6.09. The minimum Gasteiger partial charge on any atom is -0.535 e. The molecule has 0 aromatic heterocycles. The number of aromatic carboxylic acids is 1. The molecular weight excluding hydrogens is 334 g/mol. The van der Waals surface area contributed by atoms with Gasteiger partial charge in [-0.05, 0) is 31.9 Å². The number of carboxylic acids is 1. The Kier molecular flexibility index (Phi) is 5.67. The van der Waals surface area contributed by atoms with Crippen molar-refractivity contribution in [1.29, 1.82) is 0 Å². The van der Waals surface area contributed by atoms with Crippen molar-refractivity contribution < 1.29 is 29.2 Å². The third-order valence-electron chi connectivity index (χ3n) is 4.08. The second kappa shape index (κ2) is 7.36. The summed E-state index contributed by atoms with van der Waals surface area (Å²) in [6, 6.07) is 1.40. The number of carbonyl (C=O) groups excluding carboxylic acids is 2. The van der Waals surface area contributed by atoms with E-state index in [1.54, 1.807) is 6.92 Å². The summed E-state index contributed by atoms with van der Waals surface area (Å²) in [6.45, 7) is 3.10. The normalized spacial score (nSPS) is 16.3. The summed E-state index contributed by atoms with van der Waals surface area (Å²) in [7, 11) is -1.30. The first-order valence-electron chi connectivity index (χ1n) is 7.61. The molecule has 1 aliphatic heterocycles. The van der Waals surface area contributed by atoms with Gasteiger partial charge in [-0.3, -0.25) is 4.79 Å². The average molecular weight is 353 g/mol. The van der Waals surface area contributed by atoms with E-state index >= 15 is 0 Å². The molecular formula is C16H18BClO6. The number of hydrogen-bond acceptors (Lipinski definition) is 5. The Bertz CT molecular complexity index is 702. The van der Waals surface area contributed by atoms with Crippen LogP contribution in [0.4, 0.5) is 0 Å². The van der Waals surface area contributed by atoms with Gasteiger partial charge < -0.3 is 19.6 Å². The highest BCUT2D eigenvalue weighted by Gasteiger charge is 2.39. The summed E-state index contributed by atoms with van der Waals surface area (Å²) in [5, 5.41) is 19.8. The van der Waals surface area contributed by atoms with Crippen LogP contribution in [0.5, 0.6) is 5.75 Å². The summed E-state index contributed by atoms with van der Waals surface area (Å²) in [4.78, 5) is 34.3. The van der Waals surface area contributed by atoms with Gasteiger partial charge in [-0.2, -0.15) is 0 Å². The van der Waals surface area contributed by atoms with E-state index in [-0.39, 0.29) is 48.6 Å². The molecule has 128 valence electrons. The summed E-state index contributed by atoms with van der Waals surface area (Å²) < 4.78 is 5.37. The van der Waals surface area contributed by atoms with E-state index in [1.165, 1.54) is 13.0 Å². The number of hydrogen-bond donors (Lipinski definition) is 2. The molecule has 0 amide bonds. The van der Waals surface area contributed by atoms with E-state index < -0.39 is 18.9 Å². The molecule has 8 heteroatoms. The highest BCUT2D eigenvalue weighted by molar-refractivity contribution is 6.47. The van der Waals surface area contributed by atoms with Crippen LogP contribution in [0.15, 0.2) is 6.07 Å². The maximum absolute atomic E-state index is 12.0. The van der Waals surface area contributed by atoms with Crippen LogP contribution in [-0.2, 0) is 16.0 Å². The maximum Gasteiger partial charge on any atom is 0.526 e. The number of carboxylic acid groups (broad SMARTS) is 1. The molecule has 0 spiro atoms. The Morgan fingerprint density at radius 3 is 2.62 bits per heavy atom. The van der Waals surface area contributed by atoms with Gasteiger partial charge in [0.25, 0.3) is 0 Å². The molecule has 0 aliphatic carbocycles. The molecule has 6 nitrogen and oxygen atoms in total. The molecule has 0 saturated heterocycles. The van der Waals surface area contributed by atoms with Crippen LogP contribution in [0, 0.1) is 6.92 Å². The van der Waals surface area contributed by atoms with Crippen LogP contribution < -0.4 is 4.65 Å². The van der Waals surface area contributed by atoms with Gasteiger partial charge in [-0.1, -0.05) is 11.6 Å². The Labute approximate surface area is 144 Å². The van der Waals surface area contributed by atoms with Gasteiger partial charge >= 0.3 is 13.1 Å². The monoisotopic (exact) mass is 352 g/mol. The fraction of sp³-hybridized carbons (Fsp3) is 0.438. The number of benzene rings is 1. The quantitative estimate of drug-likeness (QED) is 0.763. The van der Waals surface area contributed by atoms with Gasteiger partial charge in [0, 0.05) is 30.6 Å². The second-order valence-corrected chi connectivity index (χ2v) is 6.46. The maximum atomic E-state index is 12.0. The highest BCUT2D eigenvalue weighted by Crippen LogP contribution is 2.41. The Hall–Kier alpha value is -1.86. The van der Waals surface area contributed by atoms with Gasteiger partial charge in [-0.25, -0.2) is 4.79 Å². The lowest BCUT2D eigenvalue weighted by Gasteiger charge is -2.29. The zero-order valence-corrected chi connectivity index (χ0v) is 14.2. The first kappa shape index (κ1) is 18.5. The third-order valence-corrected chi connectivity index (χ3v) is 4.60. The summed E-state index contributed by atoms with van der Waals surface area (Å²) in [5.74, 6) is -1.87. The largest absolute Gasteiger partial charge is 0.535 e. The molecule has 1 heterocycles. The predicted molar refractivity (Wildman–Crippen MR) is 88.7 cm³/mol. The molecule has 0 radical (unpaired) electrons. The van der Waals surface area contributed by atoms with Crippen molar-refractivity contribution in [3.63, 3.8) is 0 Å². The fourth-order valence-electron chi connectivity index (χ4n) is 2.78. The number of halogens is 1. The zero-order valence-electron chi connectivity index (χ0n) is 13.5. The number of aryl methyl sites for hydroxylation is 1. The molecule has 2 N–H and O–H groups in total. The molecule has 1 aromatic carbocycles. The Balaban J connectivity index is 2.24. The lowest BCUT2D eigenvalue weighted by atomic mass is 9.64. The minimum absolute atomic E-state index is 0.0422. The SMILES string of the molecule is CC(=O)CCC(=O)C[C@H]1Cc2c(Cl)c(C)cc(C(=O)O)c2OB1O. The summed E-state index contributed by atoms with van der Waals surface area (Å²) >= 11 is 6.26. The first-order valence-corrected chi connectivity index (χ1v) is 7.99.